The number of hydrogen-bond donors (Lipinski definition) is 0. The average Bonchev–Trinajstić information content (AvgIpc) is 3.03. The minimum absolute atomic E-state index is 0.00416. The van der Waals surface area contributed by atoms with Crippen LogP contribution < -0.4 is 4.90 Å². The highest BCUT2D eigenvalue weighted by atomic mass is 35.5. The van der Waals surface area contributed by atoms with Crippen LogP contribution in [0.4, 0.5) is 10.5 Å². The average molecular weight is 405 g/mol. The van der Waals surface area contributed by atoms with E-state index in [2.05, 4.69) is 0 Å². The molecule has 2 atom stereocenters. The van der Waals surface area contributed by atoms with Crippen molar-refractivity contribution < 1.29 is 13.2 Å². The Kier molecular flexibility index (Phi) is 4.43. The number of amides is 2. The van der Waals surface area contributed by atoms with Gasteiger partial charge in [0.2, 0.25) is 0 Å². The van der Waals surface area contributed by atoms with Crippen molar-refractivity contribution in [3.05, 3.63) is 64.2 Å². The first-order valence-electron chi connectivity index (χ1n) is 8.88. The number of carbonyl (C=O) groups is 1. The number of urea groups is 1. The minimum Gasteiger partial charge on any atom is -0.314 e. The Labute approximate surface area is 164 Å². The molecule has 0 aliphatic carbocycles. The third kappa shape index (κ3) is 3.21. The summed E-state index contributed by atoms with van der Waals surface area (Å²) in [5.41, 5.74) is 3.59. The molecule has 5 nitrogen and oxygen atoms in total. The number of aryl methyl sites for hydroxylation is 2. The van der Waals surface area contributed by atoms with E-state index in [4.69, 9.17) is 11.6 Å². The number of halogens is 1. The largest absolute Gasteiger partial charge is 0.325 e. The molecule has 2 saturated heterocycles. The topological polar surface area (TPSA) is 57.7 Å². The molecule has 2 aliphatic rings. The molecule has 0 N–H and O–H groups in total. The summed E-state index contributed by atoms with van der Waals surface area (Å²) in [7, 11) is -3.20. The Morgan fingerprint density at radius 1 is 1.07 bits per heavy atom. The fourth-order valence-electron chi connectivity index (χ4n) is 4.03. The van der Waals surface area contributed by atoms with E-state index < -0.39 is 9.84 Å². The number of sulfone groups is 1. The SMILES string of the molecule is Cc1ccc(C)c(N2C(=O)N(Cc3ccccc3Cl)[C@H]3CS(=O)(=O)C[C@H]32)c1. The second kappa shape index (κ2) is 6.53. The normalized spacial score (nSPS) is 23.7. The van der Waals surface area contributed by atoms with Crippen LogP contribution in [0.1, 0.15) is 16.7 Å². The van der Waals surface area contributed by atoms with Gasteiger partial charge in [0.1, 0.15) is 0 Å². The van der Waals surface area contributed by atoms with Crippen LogP contribution in [-0.4, -0.2) is 42.9 Å². The van der Waals surface area contributed by atoms with E-state index >= 15 is 0 Å². The van der Waals surface area contributed by atoms with Gasteiger partial charge >= 0.3 is 6.03 Å². The second-order valence-corrected chi connectivity index (χ2v) is 9.93. The zero-order chi connectivity index (χ0) is 19.3. The lowest BCUT2D eigenvalue weighted by Crippen LogP contribution is -2.38. The number of nitrogens with zero attached hydrogens (tertiary/aromatic N) is 2. The molecule has 142 valence electrons. The van der Waals surface area contributed by atoms with Gasteiger partial charge in [-0.05, 0) is 42.7 Å². The first kappa shape index (κ1) is 18.3. The highest BCUT2D eigenvalue weighted by Gasteiger charge is 2.54. The maximum atomic E-state index is 13.3. The van der Waals surface area contributed by atoms with Crippen molar-refractivity contribution >= 4 is 33.2 Å². The highest BCUT2D eigenvalue weighted by molar-refractivity contribution is 7.91. The molecule has 0 spiro atoms. The summed E-state index contributed by atoms with van der Waals surface area (Å²) < 4.78 is 24.7. The van der Waals surface area contributed by atoms with E-state index in [9.17, 15) is 13.2 Å². The van der Waals surface area contributed by atoms with Gasteiger partial charge in [-0.2, -0.15) is 0 Å². The predicted molar refractivity (Wildman–Crippen MR) is 107 cm³/mol. The Morgan fingerprint density at radius 3 is 2.52 bits per heavy atom. The second-order valence-electron chi connectivity index (χ2n) is 7.37. The van der Waals surface area contributed by atoms with Crippen molar-refractivity contribution in [1.82, 2.24) is 4.90 Å². The Balaban J connectivity index is 1.76. The molecule has 2 aromatic carbocycles. The monoisotopic (exact) mass is 404 g/mol. The molecule has 0 radical (unpaired) electrons. The maximum absolute atomic E-state index is 13.3. The van der Waals surface area contributed by atoms with Crippen LogP contribution in [0.25, 0.3) is 0 Å². The van der Waals surface area contributed by atoms with Gasteiger partial charge in [0.25, 0.3) is 0 Å². The van der Waals surface area contributed by atoms with Gasteiger partial charge in [-0.3, -0.25) is 4.90 Å². The molecule has 0 unspecified atom stereocenters. The van der Waals surface area contributed by atoms with Crippen molar-refractivity contribution in [3.63, 3.8) is 0 Å². The molecule has 27 heavy (non-hydrogen) atoms. The standard InChI is InChI=1S/C20H21ClN2O3S/c1-13-7-8-14(2)17(9-13)23-19-12-27(25,26)11-18(19)22(20(23)24)10-15-5-3-4-6-16(15)21/h3-9,18-19H,10-12H2,1-2H3/t18-,19+/m0/s1. The molecular weight excluding hydrogens is 384 g/mol. The summed E-state index contributed by atoms with van der Waals surface area (Å²) in [6.45, 7) is 4.21. The van der Waals surface area contributed by atoms with Gasteiger partial charge in [-0.25, -0.2) is 13.2 Å². The fraction of sp³-hybridized carbons (Fsp3) is 0.350. The van der Waals surface area contributed by atoms with Gasteiger partial charge in [-0.15, -0.1) is 0 Å². The molecule has 0 bridgehead atoms. The number of benzene rings is 2. The number of anilines is 1. The van der Waals surface area contributed by atoms with Crippen LogP contribution >= 0.6 is 11.6 Å². The van der Waals surface area contributed by atoms with Crippen molar-refractivity contribution in [2.24, 2.45) is 0 Å². The number of fused-ring (bicyclic) bond motifs is 1. The molecule has 0 saturated carbocycles. The smallest absolute Gasteiger partial charge is 0.314 e. The Hall–Kier alpha value is -2.05. The quantitative estimate of drug-likeness (QED) is 0.735. The molecule has 2 aliphatic heterocycles. The van der Waals surface area contributed by atoms with E-state index in [-0.39, 0.29) is 29.6 Å². The van der Waals surface area contributed by atoms with E-state index in [0.29, 0.717) is 11.6 Å². The summed E-state index contributed by atoms with van der Waals surface area (Å²) in [6, 6.07) is 12.4. The number of rotatable bonds is 3. The van der Waals surface area contributed by atoms with E-state index in [0.717, 1.165) is 22.4 Å². The maximum Gasteiger partial charge on any atom is 0.325 e. The van der Waals surface area contributed by atoms with Gasteiger partial charge in [0.05, 0.1) is 23.6 Å². The molecule has 7 heteroatoms. The fourth-order valence-corrected chi connectivity index (χ4v) is 6.18. The van der Waals surface area contributed by atoms with E-state index in [1.54, 1.807) is 15.9 Å². The zero-order valence-electron chi connectivity index (χ0n) is 15.2. The van der Waals surface area contributed by atoms with Crippen LogP contribution in [-0.2, 0) is 16.4 Å². The van der Waals surface area contributed by atoms with E-state index in [1.165, 1.54) is 0 Å². The van der Waals surface area contributed by atoms with Crippen molar-refractivity contribution in [2.45, 2.75) is 32.5 Å². The van der Waals surface area contributed by atoms with Crippen molar-refractivity contribution in [2.75, 3.05) is 16.4 Å². The number of carbonyl (C=O) groups excluding carboxylic acids is 1. The first-order chi connectivity index (χ1) is 12.8. The van der Waals surface area contributed by atoms with Crippen LogP contribution in [0.3, 0.4) is 0 Å². The summed E-state index contributed by atoms with van der Waals surface area (Å²) in [4.78, 5) is 16.7. The molecule has 0 aromatic heterocycles. The Bertz CT molecular complexity index is 1020. The summed E-state index contributed by atoms with van der Waals surface area (Å²) in [6.07, 6.45) is 0. The molecule has 2 amide bonds. The van der Waals surface area contributed by atoms with Gasteiger partial charge in [-0.1, -0.05) is 41.9 Å². The molecule has 4 rings (SSSR count). The lowest BCUT2D eigenvalue weighted by atomic mass is 10.1. The van der Waals surface area contributed by atoms with Gasteiger partial charge in [0.15, 0.2) is 9.84 Å². The van der Waals surface area contributed by atoms with E-state index in [1.807, 2.05) is 50.2 Å². The third-order valence-corrected chi connectivity index (χ3v) is 7.47. The predicted octanol–water partition coefficient (Wildman–Crippen LogP) is 3.56. The summed E-state index contributed by atoms with van der Waals surface area (Å²) >= 11 is 6.28. The highest BCUT2D eigenvalue weighted by Crippen LogP contribution is 2.38. The molecule has 2 fully saturated rings. The lowest BCUT2D eigenvalue weighted by Gasteiger charge is -2.24. The van der Waals surface area contributed by atoms with Crippen molar-refractivity contribution in [1.29, 1.82) is 0 Å². The summed E-state index contributed by atoms with van der Waals surface area (Å²) in [5.74, 6) is -0.00890. The number of hydrogen-bond acceptors (Lipinski definition) is 3. The first-order valence-corrected chi connectivity index (χ1v) is 11.1. The minimum atomic E-state index is -3.20. The summed E-state index contributed by atoms with van der Waals surface area (Å²) in [5, 5.41) is 0.577. The van der Waals surface area contributed by atoms with Gasteiger partial charge in [0, 0.05) is 17.3 Å². The van der Waals surface area contributed by atoms with Crippen LogP contribution in [0.15, 0.2) is 42.5 Å². The Morgan fingerprint density at radius 2 is 1.78 bits per heavy atom. The molecule has 2 aromatic rings. The van der Waals surface area contributed by atoms with Crippen LogP contribution in [0, 0.1) is 13.8 Å². The van der Waals surface area contributed by atoms with Crippen molar-refractivity contribution in [3.8, 4) is 0 Å². The molecule has 2 heterocycles. The molecular formula is C20H21ClN2O3S. The van der Waals surface area contributed by atoms with Crippen LogP contribution in [0.5, 0.6) is 0 Å². The third-order valence-electron chi connectivity index (χ3n) is 5.40. The lowest BCUT2D eigenvalue weighted by molar-refractivity contribution is 0.206. The zero-order valence-corrected chi connectivity index (χ0v) is 16.8. The van der Waals surface area contributed by atoms with Gasteiger partial charge < -0.3 is 4.90 Å². The van der Waals surface area contributed by atoms with Crippen LogP contribution in [0.2, 0.25) is 5.02 Å².